The molecular formula is C11H12N2O3S. The molecule has 0 saturated heterocycles. The fourth-order valence-electron chi connectivity index (χ4n) is 1.57. The molecule has 0 unspecified atom stereocenters. The number of carbonyl (C=O) groups is 2. The molecule has 0 aliphatic carbocycles. The lowest BCUT2D eigenvalue weighted by atomic mass is 10.2. The predicted molar refractivity (Wildman–Crippen MR) is 65.3 cm³/mol. The molecule has 6 heteroatoms. The van der Waals surface area contributed by atoms with E-state index < -0.39 is 6.09 Å². The van der Waals surface area contributed by atoms with Gasteiger partial charge >= 0.3 is 6.09 Å². The number of carbonyl (C=O) groups excluding carboxylic acids is 1. The molecular weight excluding hydrogens is 240 g/mol. The monoisotopic (exact) mass is 252 g/mol. The Hall–Kier alpha value is -1.69. The van der Waals surface area contributed by atoms with Gasteiger partial charge in [-0.05, 0) is 17.7 Å². The van der Waals surface area contributed by atoms with Gasteiger partial charge in [-0.1, -0.05) is 6.07 Å². The molecule has 90 valence electrons. The summed E-state index contributed by atoms with van der Waals surface area (Å²) in [5.41, 5.74) is 1.62. The van der Waals surface area contributed by atoms with Crippen molar-refractivity contribution in [1.29, 1.82) is 0 Å². The Morgan fingerprint density at radius 1 is 1.59 bits per heavy atom. The molecule has 0 radical (unpaired) electrons. The molecule has 1 aliphatic rings. The van der Waals surface area contributed by atoms with Crippen LogP contribution in [0.15, 0.2) is 23.1 Å². The van der Waals surface area contributed by atoms with Crippen LogP contribution in [-0.4, -0.2) is 34.8 Å². The third kappa shape index (κ3) is 2.71. The SMILES string of the molecule is CN(Cc1ccc2c(c1)NC(=O)CS2)C(=O)O. The Kier molecular flexibility index (Phi) is 3.23. The van der Waals surface area contributed by atoms with E-state index in [-0.39, 0.29) is 5.91 Å². The Morgan fingerprint density at radius 2 is 2.35 bits per heavy atom. The number of amides is 2. The lowest BCUT2D eigenvalue weighted by Crippen LogP contribution is -2.24. The summed E-state index contributed by atoms with van der Waals surface area (Å²) < 4.78 is 0. The molecule has 2 N–H and O–H groups in total. The highest BCUT2D eigenvalue weighted by Gasteiger charge is 2.16. The molecule has 1 aliphatic heterocycles. The van der Waals surface area contributed by atoms with Crippen LogP contribution in [0.4, 0.5) is 10.5 Å². The maximum absolute atomic E-state index is 11.2. The van der Waals surface area contributed by atoms with Crippen LogP contribution in [0.1, 0.15) is 5.56 Å². The minimum absolute atomic E-state index is 0.0220. The van der Waals surface area contributed by atoms with Crippen molar-refractivity contribution >= 4 is 29.4 Å². The highest BCUT2D eigenvalue weighted by molar-refractivity contribution is 8.00. The molecule has 1 heterocycles. The number of hydrogen-bond acceptors (Lipinski definition) is 3. The summed E-state index contributed by atoms with van der Waals surface area (Å²) in [7, 11) is 1.51. The van der Waals surface area contributed by atoms with Crippen LogP contribution >= 0.6 is 11.8 Å². The molecule has 1 aromatic rings. The van der Waals surface area contributed by atoms with Crippen LogP contribution in [0.5, 0.6) is 0 Å². The first-order chi connectivity index (χ1) is 8.06. The summed E-state index contributed by atoms with van der Waals surface area (Å²) in [6.45, 7) is 0.309. The number of benzene rings is 1. The number of rotatable bonds is 2. The highest BCUT2D eigenvalue weighted by Crippen LogP contribution is 2.32. The summed E-state index contributed by atoms with van der Waals surface area (Å²) in [5, 5.41) is 11.6. The van der Waals surface area contributed by atoms with Crippen LogP contribution in [0.2, 0.25) is 0 Å². The minimum atomic E-state index is -0.971. The molecule has 17 heavy (non-hydrogen) atoms. The van der Waals surface area contributed by atoms with Gasteiger partial charge in [0.25, 0.3) is 0 Å². The zero-order valence-corrected chi connectivity index (χ0v) is 10.1. The Balaban J connectivity index is 2.18. The van der Waals surface area contributed by atoms with E-state index in [0.717, 1.165) is 16.1 Å². The van der Waals surface area contributed by atoms with Crippen molar-refractivity contribution < 1.29 is 14.7 Å². The van der Waals surface area contributed by atoms with Gasteiger partial charge < -0.3 is 15.3 Å². The van der Waals surface area contributed by atoms with Gasteiger partial charge in [-0.25, -0.2) is 4.79 Å². The second-order valence-corrected chi connectivity index (χ2v) is 4.82. The lowest BCUT2D eigenvalue weighted by Gasteiger charge is -2.18. The summed E-state index contributed by atoms with van der Waals surface area (Å²) in [5.74, 6) is 0.410. The van der Waals surface area contributed by atoms with Gasteiger partial charge in [0.2, 0.25) is 5.91 Å². The van der Waals surface area contributed by atoms with Gasteiger partial charge in [-0.15, -0.1) is 11.8 Å². The molecule has 1 aromatic carbocycles. The van der Waals surface area contributed by atoms with E-state index in [9.17, 15) is 9.59 Å². The Labute approximate surface area is 103 Å². The molecule has 0 aromatic heterocycles. The average Bonchev–Trinajstić information content (AvgIpc) is 2.28. The molecule has 0 fully saturated rings. The Morgan fingerprint density at radius 3 is 3.06 bits per heavy atom. The molecule has 0 saturated carbocycles. The number of nitrogens with one attached hydrogen (secondary N) is 1. The number of carboxylic acid groups (broad SMARTS) is 1. The van der Waals surface area contributed by atoms with Crippen LogP contribution in [0.25, 0.3) is 0 Å². The van der Waals surface area contributed by atoms with Crippen molar-refractivity contribution in [3.05, 3.63) is 23.8 Å². The Bertz CT molecular complexity index is 476. The predicted octanol–water partition coefficient (Wildman–Crippen LogP) is 1.84. The van der Waals surface area contributed by atoms with E-state index in [1.165, 1.54) is 23.7 Å². The van der Waals surface area contributed by atoms with Crippen LogP contribution in [-0.2, 0) is 11.3 Å². The molecule has 5 nitrogen and oxygen atoms in total. The molecule has 2 rings (SSSR count). The number of nitrogens with zero attached hydrogens (tertiary/aromatic N) is 1. The standard InChI is InChI=1S/C11H12N2O3S/c1-13(11(15)16)5-7-2-3-9-8(4-7)12-10(14)6-17-9/h2-4H,5-6H2,1H3,(H,12,14)(H,15,16). The van der Waals surface area contributed by atoms with E-state index in [1.54, 1.807) is 0 Å². The second kappa shape index (κ2) is 4.67. The van der Waals surface area contributed by atoms with Crippen molar-refractivity contribution in [1.82, 2.24) is 4.90 Å². The highest BCUT2D eigenvalue weighted by atomic mass is 32.2. The first-order valence-electron chi connectivity index (χ1n) is 5.06. The molecule has 2 amide bonds. The van der Waals surface area contributed by atoms with E-state index in [1.807, 2.05) is 18.2 Å². The third-order valence-electron chi connectivity index (χ3n) is 2.42. The van der Waals surface area contributed by atoms with Crippen LogP contribution in [0, 0.1) is 0 Å². The first-order valence-corrected chi connectivity index (χ1v) is 6.04. The molecule has 0 spiro atoms. The van der Waals surface area contributed by atoms with Crippen molar-refractivity contribution in [2.24, 2.45) is 0 Å². The number of hydrogen-bond donors (Lipinski definition) is 2. The zero-order valence-electron chi connectivity index (χ0n) is 9.27. The fraction of sp³-hybridized carbons (Fsp3) is 0.273. The molecule has 0 bridgehead atoms. The van der Waals surface area contributed by atoms with Crippen molar-refractivity contribution in [3.63, 3.8) is 0 Å². The summed E-state index contributed by atoms with van der Waals surface area (Å²) in [4.78, 5) is 24.1. The van der Waals surface area contributed by atoms with Gasteiger partial charge in [0.1, 0.15) is 0 Å². The van der Waals surface area contributed by atoms with Crippen molar-refractivity contribution in [3.8, 4) is 0 Å². The summed E-state index contributed by atoms with van der Waals surface area (Å²) in [6, 6.07) is 5.60. The maximum atomic E-state index is 11.2. The largest absolute Gasteiger partial charge is 0.465 e. The molecule has 0 atom stereocenters. The lowest BCUT2D eigenvalue weighted by molar-refractivity contribution is -0.113. The van der Waals surface area contributed by atoms with Gasteiger partial charge in [0.05, 0.1) is 11.4 Å². The normalized spacial score (nSPS) is 13.8. The number of thioether (sulfide) groups is 1. The van der Waals surface area contributed by atoms with E-state index in [2.05, 4.69) is 5.32 Å². The van der Waals surface area contributed by atoms with Crippen molar-refractivity contribution in [2.45, 2.75) is 11.4 Å². The summed E-state index contributed by atoms with van der Waals surface area (Å²) >= 11 is 1.49. The van der Waals surface area contributed by atoms with E-state index >= 15 is 0 Å². The van der Waals surface area contributed by atoms with Crippen LogP contribution < -0.4 is 5.32 Å². The zero-order chi connectivity index (χ0) is 12.4. The maximum Gasteiger partial charge on any atom is 0.407 e. The fourth-order valence-corrected chi connectivity index (χ4v) is 2.36. The topological polar surface area (TPSA) is 69.6 Å². The average molecular weight is 252 g/mol. The van der Waals surface area contributed by atoms with Crippen LogP contribution in [0.3, 0.4) is 0 Å². The third-order valence-corrected chi connectivity index (χ3v) is 3.50. The van der Waals surface area contributed by atoms with Gasteiger partial charge in [0, 0.05) is 18.5 Å². The van der Waals surface area contributed by atoms with E-state index in [4.69, 9.17) is 5.11 Å². The summed E-state index contributed by atoms with van der Waals surface area (Å²) in [6.07, 6.45) is -0.971. The smallest absolute Gasteiger partial charge is 0.407 e. The van der Waals surface area contributed by atoms with Crippen molar-refractivity contribution in [2.75, 3.05) is 18.1 Å². The van der Waals surface area contributed by atoms with E-state index in [0.29, 0.717) is 12.3 Å². The van der Waals surface area contributed by atoms with Gasteiger partial charge in [-0.3, -0.25) is 4.79 Å². The quantitative estimate of drug-likeness (QED) is 0.842. The second-order valence-electron chi connectivity index (χ2n) is 3.81. The number of fused-ring (bicyclic) bond motifs is 1. The number of anilines is 1. The van der Waals surface area contributed by atoms with Gasteiger partial charge in [-0.2, -0.15) is 0 Å². The minimum Gasteiger partial charge on any atom is -0.465 e. The van der Waals surface area contributed by atoms with Gasteiger partial charge in [0.15, 0.2) is 0 Å². The first kappa shape index (κ1) is 11.8.